The first-order chi connectivity index (χ1) is 31.2. The van der Waals surface area contributed by atoms with Gasteiger partial charge in [-0.05, 0) is 151 Å². The van der Waals surface area contributed by atoms with Crippen LogP contribution in [0.1, 0.15) is 49.9 Å². The van der Waals surface area contributed by atoms with Gasteiger partial charge in [0.05, 0.1) is 0 Å². The van der Waals surface area contributed by atoms with E-state index in [9.17, 15) is 0 Å². The fourth-order valence-electron chi connectivity index (χ4n) is 11.1. The van der Waals surface area contributed by atoms with Crippen molar-refractivity contribution in [3.63, 3.8) is 0 Å². The summed E-state index contributed by atoms with van der Waals surface area (Å²) in [4.78, 5) is 2.63. The van der Waals surface area contributed by atoms with Crippen molar-refractivity contribution in [3.8, 4) is 65.4 Å². The molecule has 0 saturated carbocycles. The smallest absolute Gasteiger partial charge is 0.136 e. The van der Waals surface area contributed by atoms with Crippen LogP contribution in [0.4, 0.5) is 0 Å². The Morgan fingerprint density at radius 3 is 1.14 bits per heavy atom. The first kappa shape index (κ1) is 36.5. The minimum Gasteiger partial charge on any atom is -0.456 e. The Balaban J connectivity index is 0.779. The Labute approximate surface area is 378 Å². The lowest BCUT2D eigenvalue weighted by atomic mass is 9.81. The average molecular weight is 857 g/mol. The zero-order valence-electron chi connectivity index (χ0n) is 35.8. The van der Waals surface area contributed by atoms with Gasteiger partial charge in [-0.15, -0.1) is 22.7 Å². The number of fused-ring (bicyclic) bond motifs is 13. The number of benzene rings is 8. The monoisotopic (exact) mass is 856 g/mol. The van der Waals surface area contributed by atoms with Crippen molar-refractivity contribution in [3.05, 3.63) is 192 Å². The quantitative estimate of drug-likeness (QED) is 0.176. The SMILES string of the molecule is CC1(C)c2cc(-c3cc4sc(-c5ccc6c(c5)C(C)(C)c5cc7c(cc5-6)oc5ccc(-c6ccccc6)cc57)cc4s3)ccc2-c2cc3oc4ccc(-c5ccccc5)cc4c3cc21. The molecule has 2 aliphatic rings. The molecule has 2 nitrogen and oxygen atoms in total. The third kappa shape index (κ3) is 5.12. The van der Waals surface area contributed by atoms with Crippen LogP contribution in [0.15, 0.2) is 179 Å². The first-order valence-electron chi connectivity index (χ1n) is 22.1. The summed E-state index contributed by atoms with van der Waals surface area (Å²) in [7, 11) is 0. The number of hydrogen-bond donors (Lipinski definition) is 0. The van der Waals surface area contributed by atoms with Crippen molar-refractivity contribution in [2.24, 2.45) is 0 Å². The Morgan fingerprint density at radius 2 is 0.703 bits per heavy atom. The first-order valence-corrected chi connectivity index (χ1v) is 23.8. The van der Waals surface area contributed by atoms with Crippen LogP contribution in [-0.2, 0) is 10.8 Å². The molecular weight excluding hydrogens is 817 g/mol. The molecule has 0 fully saturated rings. The molecule has 0 atom stereocenters. The van der Waals surface area contributed by atoms with Gasteiger partial charge in [-0.2, -0.15) is 0 Å². The molecule has 0 radical (unpaired) electrons. The molecule has 4 heteroatoms. The average Bonchev–Trinajstić information content (AvgIpc) is 4.16. The molecular formula is C60H40O2S2. The summed E-state index contributed by atoms with van der Waals surface area (Å²) in [6.45, 7) is 9.51. The van der Waals surface area contributed by atoms with Crippen LogP contribution in [0.5, 0.6) is 0 Å². The van der Waals surface area contributed by atoms with Crippen LogP contribution in [0.25, 0.3) is 119 Å². The van der Waals surface area contributed by atoms with Crippen molar-refractivity contribution in [2.45, 2.75) is 38.5 Å². The highest BCUT2D eigenvalue weighted by Crippen LogP contribution is 2.55. The fourth-order valence-corrected chi connectivity index (χ4v) is 13.4. The highest BCUT2D eigenvalue weighted by Gasteiger charge is 2.38. The van der Waals surface area contributed by atoms with Crippen LogP contribution in [0.2, 0.25) is 0 Å². The summed E-state index contributed by atoms with van der Waals surface area (Å²) in [6.07, 6.45) is 0. The van der Waals surface area contributed by atoms with Gasteiger partial charge in [0.15, 0.2) is 0 Å². The molecule has 304 valence electrons. The van der Waals surface area contributed by atoms with E-state index >= 15 is 0 Å². The van der Waals surface area contributed by atoms with Gasteiger partial charge in [0.1, 0.15) is 22.3 Å². The van der Waals surface area contributed by atoms with E-state index in [1.807, 2.05) is 22.7 Å². The number of rotatable bonds is 4. The van der Waals surface area contributed by atoms with Crippen molar-refractivity contribution in [1.82, 2.24) is 0 Å². The molecule has 0 spiro atoms. The lowest BCUT2D eigenvalue weighted by molar-refractivity contribution is 0.657. The lowest BCUT2D eigenvalue weighted by Crippen LogP contribution is -2.15. The fraction of sp³-hybridized carbons (Fsp3) is 0.100. The maximum Gasteiger partial charge on any atom is 0.136 e. The second-order valence-corrected chi connectivity index (χ2v) is 21.0. The molecule has 0 saturated heterocycles. The maximum absolute atomic E-state index is 6.50. The van der Waals surface area contributed by atoms with Gasteiger partial charge in [-0.3, -0.25) is 0 Å². The largest absolute Gasteiger partial charge is 0.456 e. The van der Waals surface area contributed by atoms with Crippen LogP contribution in [-0.4, -0.2) is 0 Å². The molecule has 12 aromatic rings. The summed E-state index contributed by atoms with van der Waals surface area (Å²) < 4.78 is 15.7. The molecule has 0 N–H and O–H groups in total. The van der Waals surface area contributed by atoms with Gasteiger partial charge in [0, 0.05) is 51.5 Å². The summed E-state index contributed by atoms with van der Waals surface area (Å²) in [6, 6.07) is 62.7. The molecule has 0 unspecified atom stereocenters. The molecule has 0 bridgehead atoms. The minimum absolute atomic E-state index is 0.151. The molecule has 2 aliphatic carbocycles. The summed E-state index contributed by atoms with van der Waals surface area (Å²) in [5.41, 5.74) is 21.5. The molecule has 8 aromatic carbocycles. The summed E-state index contributed by atoms with van der Waals surface area (Å²) in [5, 5.41) is 4.70. The standard InChI is InChI=1S/C60H40O2S2/c1-59(2)47-25-37(15-19-39(47)41-29-53-45(27-49(41)59)43-23-35(17-21-51(43)61-53)33-11-7-5-8-12-33)55-31-57-58(63-55)32-56(64-57)38-16-20-40-42-30-54-46(28-50(42)60(3,4)48(40)26-38)44-24-36(18-22-52(44)62-54)34-13-9-6-10-14-34/h5-32H,1-4H3. The Morgan fingerprint density at radius 1 is 0.312 bits per heavy atom. The predicted molar refractivity (Wildman–Crippen MR) is 271 cm³/mol. The highest BCUT2D eigenvalue weighted by molar-refractivity contribution is 7.31. The van der Waals surface area contributed by atoms with E-state index < -0.39 is 0 Å². The van der Waals surface area contributed by atoms with E-state index in [-0.39, 0.29) is 10.8 Å². The van der Waals surface area contributed by atoms with Crippen LogP contribution in [0.3, 0.4) is 0 Å². The predicted octanol–water partition coefficient (Wildman–Crippen LogP) is 18.0. The van der Waals surface area contributed by atoms with Crippen LogP contribution < -0.4 is 0 Å². The Bertz CT molecular complexity index is 3660. The Kier molecular flexibility index (Phi) is 7.31. The third-order valence-corrected chi connectivity index (χ3v) is 16.9. The van der Waals surface area contributed by atoms with Crippen LogP contribution in [0, 0.1) is 0 Å². The maximum atomic E-state index is 6.50. The third-order valence-electron chi connectivity index (χ3n) is 14.5. The van der Waals surface area contributed by atoms with E-state index in [0.29, 0.717) is 0 Å². The Hall–Kier alpha value is -6.98. The van der Waals surface area contributed by atoms with Gasteiger partial charge < -0.3 is 8.83 Å². The van der Waals surface area contributed by atoms with Crippen LogP contribution >= 0.6 is 22.7 Å². The van der Waals surface area contributed by atoms with Crippen molar-refractivity contribution < 1.29 is 8.83 Å². The topological polar surface area (TPSA) is 26.3 Å². The number of furan rings is 2. The molecule has 64 heavy (non-hydrogen) atoms. The van der Waals surface area contributed by atoms with Gasteiger partial charge in [-0.25, -0.2) is 0 Å². The summed E-state index contributed by atoms with van der Waals surface area (Å²) in [5.74, 6) is 0. The van der Waals surface area contributed by atoms with Gasteiger partial charge in [-0.1, -0.05) is 125 Å². The van der Waals surface area contributed by atoms with Gasteiger partial charge in [0.2, 0.25) is 0 Å². The zero-order chi connectivity index (χ0) is 42.6. The molecule has 4 aromatic heterocycles. The highest BCUT2D eigenvalue weighted by atomic mass is 32.1. The second-order valence-electron chi connectivity index (χ2n) is 18.9. The zero-order valence-corrected chi connectivity index (χ0v) is 37.4. The lowest BCUT2D eigenvalue weighted by Gasteiger charge is -2.22. The molecule has 14 rings (SSSR count). The van der Waals surface area contributed by atoms with E-state index in [1.54, 1.807) is 0 Å². The van der Waals surface area contributed by atoms with E-state index in [1.165, 1.54) is 119 Å². The molecule has 0 aliphatic heterocycles. The molecule has 4 heterocycles. The van der Waals surface area contributed by atoms with Gasteiger partial charge in [0.25, 0.3) is 0 Å². The minimum atomic E-state index is -0.151. The van der Waals surface area contributed by atoms with E-state index in [4.69, 9.17) is 8.83 Å². The normalized spacial score (nSPS) is 14.5. The van der Waals surface area contributed by atoms with E-state index in [0.717, 1.165) is 22.3 Å². The summed E-state index contributed by atoms with van der Waals surface area (Å²) >= 11 is 3.80. The van der Waals surface area contributed by atoms with Crippen molar-refractivity contribution in [2.75, 3.05) is 0 Å². The number of hydrogen-bond acceptors (Lipinski definition) is 4. The van der Waals surface area contributed by atoms with E-state index in [2.05, 4.69) is 198 Å². The number of thiophene rings is 2. The van der Waals surface area contributed by atoms with Gasteiger partial charge >= 0.3 is 0 Å². The van der Waals surface area contributed by atoms with Crippen molar-refractivity contribution in [1.29, 1.82) is 0 Å². The second kappa shape index (κ2) is 12.8. The van der Waals surface area contributed by atoms with Crippen molar-refractivity contribution >= 4 is 76.0 Å². The molecule has 0 amide bonds.